The summed E-state index contributed by atoms with van der Waals surface area (Å²) in [5.41, 5.74) is 5.30. The van der Waals surface area contributed by atoms with Crippen LogP contribution >= 0.6 is 0 Å². The lowest BCUT2D eigenvalue weighted by Crippen LogP contribution is -2.08. The number of aliphatic carboxylic acids is 1. The van der Waals surface area contributed by atoms with E-state index in [1.165, 1.54) is 13.0 Å². The maximum Gasteiger partial charge on any atom is 0.307 e. The first-order valence-corrected chi connectivity index (χ1v) is 4.17. The summed E-state index contributed by atoms with van der Waals surface area (Å²) < 4.78 is 24.9. The van der Waals surface area contributed by atoms with Gasteiger partial charge in [-0.25, -0.2) is 13.8 Å². The van der Waals surface area contributed by atoms with Crippen LogP contribution in [-0.4, -0.2) is 16.1 Å². The lowest BCUT2D eigenvalue weighted by atomic mass is 10.0. The van der Waals surface area contributed by atoms with E-state index in [9.17, 15) is 13.6 Å². The molecular formula is C9H10F2N2O2. The van der Waals surface area contributed by atoms with E-state index in [2.05, 4.69) is 4.98 Å². The average Bonchev–Trinajstić information content (AvgIpc) is 2.09. The SMILES string of the molecule is Cc1c(CC(=O)O)cc(N)nc1C(F)F. The number of nitrogens with two attached hydrogens (primary N) is 1. The standard InChI is InChI=1S/C9H10F2N2O2/c1-4-5(3-7(14)15)2-6(12)13-8(4)9(10)11/h2,9H,3H2,1H3,(H2,12,13)(H,14,15). The second-order valence-electron chi connectivity index (χ2n) is 3.09. The number of alkyl halides is 2. The van der Waals surface area contributed by atoms with Crippen molar-refractivity contribution in [3.05, 3.63) is 22.9 Å². The Kier molecular flexibility index (Phi) is 3.18. The summed E-state index contributed by atoms with van der Waals surface area (Å²) in [5, 5.41) is 8.56. The van der Waals surface area contributed by atoms with Crippen molar-refractivity contribution in [1.82, 2.24) is 4.98 Å². The third kappa shape index (κ3) is 2.61. The van der Waals surface area contributed by atoms with Gasteiger partial charge in [-0.15, -0.1) is 0 Å². The molecular weight excluding hydrogens is 206 g/mol. The van der Waals surface area contributed by atoms with Crippen LogP contribution < -0.4 is 5.73 Å². The van der Waals surface area contributed by atoms with Gasteiger partial charge in [0.25, 0.3) is 6.43 Å². The van der Waals surface area contributed by atoms with Crippen molar-refractivity contribution in [3.63, 3.8) is 0 Å². The molecule has 0 unspecified atom stereocenters. The first-order chi connectivity index (χ1) is 6.91. The van der Waals surface area contributed by atoms with Crippen LogP contribution in [0.25, 0.3) is 0 Å². The number of halogens is 2. The Hall–Kier alpha value is -1.72. The lowest BCUT2D eigenvalue weighted by molar-refractivity contribution is -0.136. The van der Waals surface area contributed by atoms with Crippen LogP contribution in [0.15, 0.2) is 6.07 Å². The first kappa shape index (κ1) is 11.4. The highest BCUT2D eigenvalue weighted by atomic mass is 19.3. The van der Waals surface area contributed by atoms with E-state index in [0.29, 0.717) is 0 Å². The summed E-state index contributed by atoms with van der Waals surface area (Å²) in [4.78, 5) is 13.9. The van der Waals surface area contributed by atoms with Gasteiger partial charge >= 0.3 is 5.97 Å². The monoisotopic (exact) mass is 216 g/mol. The number of anilines is 1. The minimum absolute atomic E-state index is 0.0906. The molecule has 6 heteroatoms. The minimum Gasteiger partial charge on any atom is -0.481 e. The van der Waals surface area contributed by atoms with Gasteiger partial charge in [-0.1, -0.05) is 0 Å². The van der Waals surface area contributed by atoms with Crippen LogP contribution in [-0.2, 0) is 11.2 Å². The largest absolute Gasteiger partial charge is 0.481 e. The fraction of sp³-hybridized carbons (Fsp3) is 0.333. The summed E-state index contributed by atoms with van der Waals surface area (Å²) in [6.45, 7) is 1.41. The Bertz CT molecular complexity index is 394. The van der Waals surface area contributed by atoms with Gasteiger partial charge in [0.15, 0.2) is 0 Å². The fourth-order valence-corrected chi connectivity index (χ4v) is 1.27. The second kappa shape index (κ2) is 4.20. The van der Waals surface area contributed by atoms with E-state index in [0.717, 1.165) is 0 Å². The Morgan fingerprint density at radius 2 is 2.27 bits per heavy atom. The molecule has 0 amide bonds. The van der Waals surface area contributed by atoms with E-state index < -0.39 is 18.1 Å². The van der Waals surface area contributed by atoms with Crippen LogP contribution in [0.2, 0.25) is 0 Å². The van der Waals surface area contributed by atoms with Crippen molar-refractivity contribution in [3.8, 4) is 0 Å². The number of nitrogens with zero attached hydrogens (tertiary/aromatic N) is 1. The third-order valence-corrected chi connectivity index (χ3v) is 1.99. The topological polar surface area (TPSA) is 76.2 Å². The molecule has 0 bridgehead atoms. The molecule has 0 atom stereocenters. The van der Waals surface area contributed by atoms with Gasteiger partial charge in [0, 0.05) is 0 Å². The number of nitrogen functional groups attached to an aromatic ring is 1. The molecule has 0 aliphatic rings. The maximum atomic E-state index is 12.5. The van der Waals surface area contributed by atoms with Gasteiger partial charge in [0.1, 0.15) is 11.5 Å². The van der Waals surface area contributed by atoms with Gasteiger partial charge in [-0.05, 0) is 24.1 Å². The Morgan fingerprint density at radius 1 is 1.67 bits per heavy atom. The zero-order chi connectivity index (χ0) is 11.6. The molecule has 82 valence electrons. The van der Waals surface area contributed by atoms with Crippen LogP contribution in [0.5, 0.6) is 0 Å². The molecule has 4 nitrogen and oxygen atoms in total. The highest BCUT2D eigenvalue weighted by Gasteiger charge is 2.17. The number of hydrogen-bond donors (Lipinski definition) is 2. The number of rotatable bonds is 3. The van der Waals surface area contributed by atoms with E-state index >= 15 is 0 Å². The normalized spacial score (nSPS) is 10.7. The molecule has 1 aromatic rings. The van der Waals surface area contributed by atoms with Gasteiger partial charge < -0.3 is 10.8 Å². The molecule has 0 aliphatic carbocycles. The van der Waals surface area contributed by atoms with Crippen LogP contribution in [0.3, 0.4) is 0 Å². The van der Waals surface area contributed by atoms with Crippen molar-refractivity contribution < 1.29 is 18.7 Å². The number of hydrogen-bond acceptors (Lipinski definition) is 3. The predicted molar refractivity (Wildman–Crippen MR) is 49.7 cm³/mol. The molecule has 1 aromatic heterocycles. The summed E-state index contributed by atoms with van der Waals surface area (Å²) in [5.74, 6) is -1.18. The highest BCUT2D eigenvalue weighted by molar-refractivity contribution is 5.71. The molecule has 0 saturated carbocycles. The van der Waals surface area contributed by atoms with Crippen molar-refractivity contribution in [2.24, 2.45) is 0 Å². The van der Waals surface area contributed by atoms with Gasteiger partial charge in [0.05, 0.1) is 6.42 Å². The molecule has 0 aliphatic heterocycles. The number of carbonyl (C=O) groups is 1. The van der Waals surface area contributed by atoms with Gasteiger partial charge in [-0.2, -0.15) is 0 Å². The average molecular weight is 216 g/mol. The van der Waals surface area contributed by atoms with Crippen LogP contribution in [0, 0.1) is 6.92 Å². The van der Waals surface area contributed by atoms with Crippen molar-refractivity contribution in [2.45, 2.75) is 19.8 Å². The summed E-state index contributed by atoms with van der Waals surface area (Å²) in [6.07, 6.45) is -3.08. The molecule has 3 N–H and O–H groups in total. The zero-order valence-corrected chi connectivity index (χ0v) is 8.00. The molecule has 15 heavy (non-hydrogen) atoms. The van der Waals surface area contributed by atoms with E-state index in [-0.39, 0.29) is 23.4 Å². The quantitative estimate of drug-likeness (QED) is 0.803. The molecule has 0 spiro atoms. The van der Waals surface area contributed by atoms with Gasteiger partial charge in [0.2, 0.25) is 0 Å². The number of carboxylic acids is 1. The molecule has 0 saturated heterocycles. The Balaban J connectivity index is 3.21. The van der Waals surface area contributed by atoms with E-state index in [4.69, 9.17) is 10.8 Å². The third-order valence-electron chi connectivity index (χ3n) is 1.99. The maximum absolute atomic E-state index is 12.5. The van der Waals surface area contributed by atoms with Crippen LogP contribution in [0.1, 0.15) is 23.2 Å². The molecule has 0 aromatic carbocycles. The second-order valence-corrected chi connectivity index (χ2v) is 3.09. The van der Waals surface area contributed by atoms with Gasteiger partial charge in [-0.3, -0.25) is 4.79 Å². The van der Waals surface area contributed by atoms with Crippen molar-refractivity contribution >= 4 is 11.8 Å². The fourth-order valence-electron chi connectivity index (χ4n) is 1.27. The number of carboxylic acid groups (broad SMARTS) is 1. The summed E-state index contributed by atoms with van der Waals surface area (Å²) in [6, 6.07) is 1.30. The van der Waals surface area contributed by atoms with E-state index in [1.54, 1.807) is 0 Å². The molecule has 1 heterocycles. The summed E-state index contributed by atoms with van der Waals surface area (Å²) >= 11 is 0. The predicted octanol–water partition coefficient (Wildman–Crippen LogP) is 1.54. The lowest BCUT2D eigenvalue weighted by Gasteiger charge is -2.09. The highest BCUT2D eigenvalue weighted by Crippen LogP contribution is 2.24. The zero-order valence-electron chi connectivity index (χ0n) is 8.00. The molecule has 1 rings (SSSR count). The Labute approximate surface area is 84.7 Å². The number of pyridine rings is 1. The Morgan fingerprint density at radius 3 is 2.73 bits per heavy atom. The van der Waals surface area contributed by atoms with Crippen LogP contribution in [0.4, 0.5) is 14.6 Å². The number of aromatic nitrogens is 1. The molecule has 0 fully saturated rings. The smallest absolute Gasteiger partial charge is 0.307 e. The van der Waals surface area contributed by atoms with E-state index in [1.807, 2.05) is 0 Å². The summed E-state index contributed by atoms with van der Waals surface area (Å²) in [7, 11) is 0. The van der Waals surface area contributed by atoms with Crippen molar-refractivity contribution in [1.29, 1.82) is 0 Å². The van der Waals surface area contributed by atoms with Crippen molar-refractivity contribution in [2.75, 3.05) is 5.73 Å². The minimum atomic E-state index is -2.75. The first-order valence-electron chi connectivity index (χ1n) is 4.17. The molecule has 0 radical (unpaired) electrons.